The van der Waals surface area contributed by atoms with E-state index in [1.807, 2.05) is 0 Å². The molecular formula is C26H30F3NO2. The van der Waals surface area contributed by atoms with Gasteiger partial charge in [0.2, 0.25) is 6.29 Å². The van der Waals surface area contributed by atoms with Crippen molar-refractivity contribution in [3.63, 3.8) is 0 Å². The molecule has 2 aliphatic carbocycles. The molecule has 2 fully saturated rings. The largest absolute Gasteiger partial charge is 0.497 e. The third kappa shape index (κ3) is 4.29. The highest BCUT2D eigenvalue weighted by Crippen LogP contribution is 2.55. The highest BCUT2D eigenvalue weighted by Gasteiger charge is 2.52. The number of ether oxygens (including phenoxy) is 1. The summed E-state index contributed by atoms with van der Waals surface area (Å²) in [4.78, 5) is 11.3. The topological polar surface area (TPSA) is 29.5 Å². The molecule has 6 heteroatoms. The highest BCUT2D eigenvalue weighted by atomic mass is 19.4. The van der Waals surface area contributed by atoms with Crippen LogP contribution in [0.25, 0.3) is 11.1 Å². The number of benzene rings is 2. The maximum atomic E-state index is 10.4. The molecular weight excluding hydrogens is 415 g/mol. The molecule has 0 radical (unpaired) electrons. The highest BCUT2D eigenvalue weighted by molar-refractivity contribution is 5.67. The Balaban J connectivity index is 0.000000363. The molecule has 3 nitrogen and oxygen atoms in total. The molecule has 2 bridgehead atoms. The molecule has 2 aromatic rings. The summed E-state index contributed by atoms with van der Waals surface area (Å²) in [7, 11) is 4.08. The fourth-order valence-corrected chi connectivity index (χ4v) is 6.16. The van der Waals surface area contributed by atoms with Crippen LogP contribution >= 0.6 is 0 Å². The maximum absolute atomic E-state index is 10.4. The quantitative estimate of drug-likeness (QED) is 0.548. The smallest absolute Gasteiger partial charge is 0.446 e. The monoisotopic (exact) mass is 445 g/mol. The van der Waals surface area contributed by atoms with E-state index in [0.29, 0.717) is 5.41 Å². The van der Waals surface area contributed by atoms with Crippen LogP contribution in [0.4, 0.5) is 13.2 Å². The summed E-state index contributed by atoms with van der Waals surface area (Å²) < 4.78 is 36.6. The number of halogens is 3. The van der Waals surface area contributed by atoms with Gasteiger partial charge in [-0.3, -0.25) is 4.79 Å². The van der Waals surface area contributed by atoms with Crippen molar-refractivity contribution in [3.05, 3.63) is 53.6 Å². The Morgan fingerprint density at radius 3 is 2.41 bits per heavy atom. The molecule has 0 amide bonds. The summed E-state index contributed by atoms with van der Waals surface area (Å²) in [6, 6.07) is 16.6. The Bertz CT molecular complexity index is 957. The van der Waals surface area contributed by atoms with Gasteiger partial charge in [0.1, 0.15) is 5.75 Å². The minimum absolute atomic E-state index is 0.436. The molecule has 1 saturated heterocycles. The molecule has 1 unspecified atom stereocenters. The van der Waals surface area contributed by atoms with E-state index in [-0.39, 0.29) is 0 Å². The lowest BCUT2D eigenvalue weighted by atomic mass is 9.52. The number of carbonyl (C=O) groups is 1. The summed E-state index contributed by atoms with van der Waals surface area (Å²) in [6.45, 7) is 1.26. The second-order valence-corrected chi connectivity index (χ2v) is 9.27. The van der Waals surface area contributed by atoms with Crippen molar-refractivity contribution in [2.75, 3.05) is 20.7 Å². The number of likely N-dealkylation sites (N-methyl/N-ethyl adjacent to an activating group) is 1. The molecule has 0 spiro atoms. The molecule has 3 aliphatic rings. The zero-order chi connectivity index (χ0) is 22.9. The Hall–Kier alpha value is -2.34. The first-order valence-corrected chi connectivity index (χ1v) is 11.3. The number of nitrogens with zero attached hydrogens (tertiary/aromatic N) is 1. The number of piperidine rings is 1. The minimum Gasteiger partial charge on any atom is -0.497 e. The van der Waals surface area contributed by atoms with E-state index in [4.69, 9.17) is 9.53 Å². The van der Waals surface area contributed by atoms with Crippen molar-refractivity contribution >= 4 is 6.29 Å². The average Bonchev–Trinajstić information content (AvgIpc) is 2.81. The molecule has 0 N–H and O–H groups in total. The number of carbonyl (C=O) groups excluding carboxylic acids is 1. The van der Waals surface area contributed by atoms with Gasteiger partial charge in [-0.1, -0.05) is 43.2 Å². The van der Waals surface area contributed by atoms with E-state index in [1.54, 1.807) is 18.2 Å². The first-order chi connectivity index (χ1) is 15.3. The number of methoxy groups -OCH3 is 1. The molecule has 3 atom stereocenters. The predicted octanol–water partition coefficient (Wildman–Crippen LogP) is 5.80. The van der Waals surface area contributed by atoms with E-state index < -0.39 is 12.5 Å². The third-order valence-electron chi connectivity index (χ3n) is 7.67. The number of likely N-dealkylation sites (tertiary alicyclic amines) is 1. The lowest BCUT2D eigenvalue weighted by Crippen LogP contribution is -2.59. The van der Waals surface area contributed by atoms with Crippen LogP contribution in [0.2, 0.25) is 0 Å². The Morgan fingerprint density at radius 1 is 1.06 bits per heavy atom. The second-order valence-electron chi connectivity index (χ2n) is 9.27. The molecule has 172 valence electrons. The molecule has 1 saturated carbocycles. The third-order valence-corrected chi connectivity index (χ3v) is 7.67. The van der Waals surface area contributed by atoms with Gasteiger partial charge in [0.05, 0.1) is 7.11 Å². The van der Waals surface area contributed by atoms with Crippen molar-refractivity contribution < 1.29 is 22.7 Å². The lowest BCUT2D eigenvalue weighted by Gasteiger charge is -2.58. The number of hydrogen-bond donors (Lipinski definition) is 0. The first kappa shape index (κ1) is 22.8. The summed E-state index contributed by atoms with van der Waals surface area (Å²) in [6.07, 6.45) is 2.50. The van der Waals surface area contributed by atoms with Crippen LogP contribution in [0, 0.1) is 5.92 Å². The van der Waals surface area contributed by atoms with Crippen molar-refractivity contribution in [1.82, 2.24) is 4.90 Å². The standard InChI is InChI=1S/C24H29NO.C2HF3O/c1-25-14-13-24-12-4-3-5-21(24)23(25)16-19-7-6-18(15-22(19)24)17-8-10-20(26-2)11-9-17;3-2(4,5)1-6/h6-11,15,21,23H,3-5,12-14,16H2,1-2H3;1H/t21-,23-,24?;/m1./s1. The Kier molecular flexibility index (Phi) is 6.35. The molecule has 2 aromatic carbocycles. The van der Waals surface area contributed by atoms with E-state index >= 15 is 0 Å². The number of hydrogen-bond acceptors (Lipinski definition) is 3. The first-order valence-electron chi connectivity index (χ1n) is 11.3. The normalized spacial score (nSPS) is 26.8. The number of aldehydes is 1. The summed E-state index contributed by atoms with van der Waals surface area (Å²) in [5.41, 5.74) is 6.39. The van der Waals surface area contributed by atoms with E-state index in [0.717, 1.165) is 17.7 Å². The molecule has 32 heavy (non-hydrogen) atoms. The van der Waals surface area contributed by atoms with Crippen molar-refractivity contribution in [3.8, 4) is 16.9 Å². The second kappa shape index (κ2) is 8.89. The van der Waals surface area contributed by atoms with Gasteiger partial charge in [-0.05, 0) is 79.6 Å². The number of fused-ring (bicyclic) bond motifs is 1. The van der Waals surface area contributed by atoms with Gasteiger partial charge in [0, 0.05) is 11.5 Å². The van der Waals surface area contributed by atoms with Crippen LogP contribution in [0.3, 0.4) is 0 Å². The average molecular weight is 446 g/mol. The van der Waals surface area contributed by atoms with Gasteiger partial charge in [0.25, 0.3) is 0 Å². The summed E-state index contributed by atoms with van der Waals surface area (Å²) >= 11 is 0. The van der Waals surface area contributed by atoms with Gasteiger partial charge in [-0.25, -0.2) is 0 Å². The van der Waals surface area contributed by atoms with Crippen LogP contribution in [0.1, 0.15) is 43.2 Å². The number of alkyl halides is 3. The zero-order valence-corrected chi connectivity index (χ0v) is 18.6. The van der Waals surface area contributed by atoms with Gasteiger partial charge in [0.15, 0.2) is 0 Å². The number of rotatable bonds is 2. The molecule has 1 heterocycles. The SMILES string of the molecule is COc1ccc(-c2ccc3c(c2)C24CCCC[C@@H]2[C@@H](C3)N(C)CC4)cc1.O=CC(F)(F)F. The van der Waals surface area contributed by atoms with Crippen LogP contribution < -0.4 is 4.74 Å². The van der Waals surface area contributed by atoms with E-state index in [2.05, 4.69) is 54.4 Å². The molecule has 0 aromatic heterocycles. The van der Waals surface area contributed by atoms with Crippen LogP contribution in [0.15, 0.2) is 42.5 Å². The fraction of sp³-hybridized carbons (Fsp3) is 0.500. The van der Waals surface area contributed by atoms with Gasteiger partial charge in [-0.15, -0.1) is 0 Å². The maximum Gasteiger partial charge on any atom is 0.446 e. The summed E-state index contributed by atoms with van der Waals surface area (Å²) in [5.74, 6) is 1.78. The Morgan fingerprint density at radius 2 is 1.75 bits per heavy atom. The molecule has 5 rings (SSSR count). The van der Waals surface area contributed by atoms with Crippen molar-refractivity contribution in [1.29, 1.82) is 0 Å². The van der Waals surface area contributed by atoms with Crippen molar-refractivity contribution in [2.45, 2.75) is 56.2 Å². The lowest BCUT2D eigenvalue weighted by molar-refractivity contribution is -0.156. The fourth-order valence-electron chi connectivity index (χ4n) is 6.16. The van der Waals surface area contributed by atoms with Crippen LogP contribution in [-0.2, 0) is 16.6 Å². The van der Waals surface area contributed by atoms with Gasteiger partial charge in [-0.2, -0.15) is 13.2 Å². The van der Waals surface area contributed by atoms with Gasteiger partial charge >= 0.3 is 6.18 Å². The predicted molar refractivity (Wildman–Crippen MR) is 119 cm³/mol. The van der Waals surface area contributed by atoms with E-state index in [9.17, 15) is 13.2 Å². The minimum atomic E-state index is -4.64. The Labute approximate surface area is 187 Å². The van der Waals surface area contributed by atoms with Crippen molar-refractivity contribution in [2.24, 2.45) is 5.92 Å². The van der Waals surface area contributed by atoms with E-state index in [1.165, 1.54) is 56.2 Å². The molecule has 1 aliphatic heterocycles. The van der Waals surface area contributed by atoms with Gasteiger partial charge < -0.3 is 9.64 Å². The van der Waals surface area contributed by atoms with Crippen LogP contribution in [0.5, 0.6) is 5.75 Å². The van der Waals surface area contributed by atoms with Crippen LogP contribution in [-0.4, -0.2) is 44.1 Å². The summed E-state index contributed by atoms with van der Waals surface area (Å²) in [5, 5.41) is 0. The zero-order valence-electron chi connectivity index (χ0n) is 18.6.